The predicted octanol–water partition coefficient (Wildman–Crippen LogP) is 4.17. The second-order valence-electron chi connectivity index (χ2n) is 4.35. The van der Waals surface area contributed by atoms with Gasteiger partial charge in [-0.15, -0.1) is 5.06 Å². The number of benzene rings is 1. The Morgan fingerprint density at radius 1 is 1.06 bits per heavy atom. The summed E-state index contributed by atoms with van der Waals surface area (Å²) in [6, 6.07) is 3.38. The molecule has 0 N–H and O–H groups in total. The minimum Gasteiger partial charge on any atom is -0.491 e. The van der Waals surface area contributed by atoms with Gasteiger partial charge in [0.05, 0.1) is 12.1 Å². The molecule has 1 saturated heterocycles. The summed E-state index contributed by atoms with van der Waals surface area (Å²) in [5.41, 5.74) is 0. The summed E-state index contributed by atoms with van der Waals surface area (Å²) in [7, 11) is 1.57. The van der Waals surface area contributed by atoms with Crippen molar-refractivity contribution in [3.63, 3.8) is 0 Å². The van der Waals surface area contributed by atoms with Crippen LogP contribution in [0.3, 0.4) is 0 Å². The normalized spacial score (nSPS) is 17.3. The van der Waals surface area contributed by atoms with Crippen LogP contribution in [0.5, 0.6) is 11.5 Å². The van der Waals surface area contributed by atoms with E-state index in [2.05, 4.69) is 0 Å². The highest BCUT2D eigenvalue weighted by Crippen LogP contribution is 2.38. The topological polar surface area (TPSA) is 21.7 Å². The van der Waals surface area contributed by atoms with Crippen LogP contribution >= 0.6 is 23.2 Å². The van der Waals surface area contributed by atoms with Gasteiger partial charge in [0.25, 0.3) is 0 Å². The molecule has 0 radical (unpaired) electrons. The van der Waals surface area contributed by atoms with Crippen molar-refractivity contribution in [1.29, 1.82) is 0 Å². The van der Waals surface area contributed by atoms with E-state index in [-0.39, 0.29) is 0 Å². The molecular formula is C13H17Cl2NO2. The van der Waals surface area contributed by atoms with E-state index in [0.717, 1.165) is 25.9 Å². The zero-order valence-corrected chi connectivity index (χ0v) is 11.9. The Balaban J connectivity index is 2.16. The lowest BCUT2D eigenvalue weighted by Crippen LogP contribution is -2.28. The molecule has 0 aromatic heterocycles. The molecule has 3 nitrogen and oxygen atoms in total. The minimum absolute atomic E-state index is 0.467. The molecule has 18 heavy (non-hydrogen) atoms. The summed E-state index contributed by atoms with van der Waals surface area (Å²) in [6.07, 6.45) is 4.81. The number of hydroxylamine groups is 2. The van der Waals surface area contributed by atoms with Gasteiger partial charge in [-0.05, 0) is 18.9 Å². The van der Waals surface area contributed by atoms with Crippen LogP contribution in [-0.2, 0) is 0 Å². The molecule has 0 amide bonds. The Labute approximate surface area is 118 Å². The average Bonchev–Trinajstić information content (AvgIpc) is 2.57. The van der Waals surface area contributed by atoms with Crippen LogP contribution in [-0.4, -0.2) is 25.3 Å². The Morgan fingerprint density at radius 2 is 1.72 bits per heavy atom. The van der Waals surface area contributed by atoms with Crippen molar-refractivity contribution in [2.45, 2.75) is 25.7 Å². The van der Waals surface area contributed by atoms with E-state index in [1.165, 1.54) is 12.8 Å². The van der Waals surface area contributed by atoms with Gasteiger partial charge in [-0.1, -0.05) is 36.0 Å². The number of nitrogens with zero attached hydrogens (tertiary/aromatic N) is 1. The quantitative estimate of drug-likeness (QED) is 0.834. The molecule has 100 valence electrons. The molecule has 0 saturated carbocycles. The van der Waals surface area contributed by atoms with Crippen LogP contribution in [0.25, 0.3) is 0 Å². The lowest BCUT2D eigenvalue weighted by atomic mass is 10.2. The molecule has 0 atom stereocenters. The number of hydrogen-bond acceptors (Lipinski definition) is 3. The number of hydrogen-bond donors (Lipinski definition) is 0. The van der Waals surface area contributed by atoms with Crippen molar-refractivity contribution in [2.24, 2.45) is 0 Å². The van der Waals surface area contributed by atoms with Crippen molar-refractivity contribution in [1.82, 2.24) is 5.06 Å². The first-order chi connectivity index (χ1) is 8.70. The van der Waals surface area contributed by atoms with Crippen molar-refractivity contribution in [3.05, 3.63) is 22.2 Å². The molecule has 1 aromatic rings. The van der Waals surface area contributed by atoms with Gasteiger partial charge in [0.15, 0.2) is 11.5 Å². The van der Waals surface area contributed by atoms with Crippen LogP contribution in [0, 0.1) is 0 Å². The van der Waals surface area contributed by atoms with Crippen LogP contribution in [0.4, 0.5) is 0 Å². The highest BCUT2D eigenvalue weighted by molar-refractivity contribution is 6.35. The van der Waals surface area contributed by atoms with E-state index < -0.39 is 0 Å². The SMILES string of the molecule is COc1c(Cl)cc(Cl)cc1ON1CCCCCC1. The van der Waals surface area contributed by atoms with Crippen LogP contribution in [0.1, 0.15) is 25.7 Å². The first kappa shape index (κ1) is 13.8. The monoisotopic (exact) mass is 289 g/mol. The third kappa shape index (κ3) is 3.44. The molecule has 0 bridgehead atoms. The molecule has 0 unspecified atom stereocenters. The maximum absolute atomic E-state index is 6.08. The molecule has 1 heterocycles. The zero-order valence-electron chi connectivity index (χ0n) is 10.4. The van der Waals surface area contributed by atoms with Gasteiger partial charge in [-0.3, -0.25) is 0 Å². The molecule has 5 heteroatoms. The van der Waals surface area contributed by atoms with Gasteiger partial charge < -0.3 is 9.57 Å². The third-order valence-electron chi connectivity index (χ3n) is 2.97. The second-order valence-corrected chi connectivity index (χ2v) is 5.20. The Kier molecular flexibility index (Phi) is 4.98. The van der Waals surface area contributed by atoms with Crippen molar-refractivity contribution < 1.29 is 9.57 Å². The van der Waals surface area contributed by atoms with Crippen LogP contribution < -0.4 is 9.57 Å². The molecule has 0 spiro atoms. The molecule has 2 rings (SSSR count). The first-order valence-corrected chi connectivity index (χ1v) is 6.92. The Hall–Kier alpha value is -0.640. The maximum Gasteiger partial charge on any atom is 0.192 e. The maximum atomic E-state index is 6.08. The minimum atomic E-state index is 0.467. The fourth-order valence-electron chi connectivity index (χ4n) is 2.07. The van der Waals surface area contributed by atoms with Crippen LogP contribution in [0.15, 0.2) is 12.1 Å². The standard InChI is InChI=1S/C13H17Cl2NO2/c1-17-13-11(15)8-10(14)9-12(13)18-16-6-4-2-3-5-7-16/h8-9H,2-7H2,1H3. The molecule has 1 aliphatic rings. The van der Waals surface area contributed by atoms with E-state index in [4.69, 9.17) is 32.8 Å². The van der Waals surface area contributed by atoms with E-state index in [9.17, 15) is 0 Å². The van der Waals surface area contributed by atoms with E-state index in [1.807, 2.05) is 5.06 Å². The molecule has 1 fully saturated rings. The molecule has 1 aliphatic heterocycles. The zero-order chi connectivity index (χ0) is 13.0. The van der Waals surface area contributed by atoms with E-state index in [1.54, 1.807) is 19.2 Å². The molecule has 0 aliphatic carbocycles. The number of rotatable bonds is 3. The van der Waals surface area contributed by atoms with Crippen molar-refractivity contribution in [2.75, 3.05) is 20.2 Å². The van der Waals surface area contributed by atoms with Gasteiger partial charge >= 0.3 is 0 Å². The lowest BCUT2D eigenvalue weighted by molar-refractivity contribution is -0.0568. The summed E-state index contributed by atoms with van der Waals surface area (Å²) in [4.78, 5) is 5.86. The summed E-state index contributed by atoms with van der Waals surface area (Å²) in [5, 5.41) is 2.97. The number of ether oxygens (including phenoxy) is 1. The highest BCUT2D eigenvalue weighted by atomic mass is 35.5. The molecule has 1 aromatic carbocycles. The number of halogens is 2. The Bertz CT molecular complexity index is 404. The average molecular weight is 290 g/mol. The lowest BCUT2D eigenvalue weighted by Gasteiger charge is -2.22. The fraction of sp³-hybridized carbons (Fsp3) is 0.538. The van der Waals surface area contributed by atoms with Gasteiger partial charge in [-0.25, -0.2) is 0 Å². The van der Waals surface area contributed by atoms with Crippen molar-refractivity contribution >= 4 is 23.2 Å². The van der Waals surface area contributed by atoms with Crippen LogP contribution in [0.2, 0.25) is 10.0 Å². The van der Waals surface area contributed by atoms with Crippen molar-refractivity contribution in [3.8, 4) is 11.5 Å². The smallest absolute Gasteiger partial charge is 0.192 e. The highest BCUT2D eigenvalue weighted by Gasteiger charge is 2.16. The fourth-order valence-corrected chi connectivity index (χ4v) is 2.63. The number of methoxy groups -OCH3 is 1. The predicted molar refractivity (Wildman–Crippen MR) is 73.7 cm³/mol. The van der Waals surface area contributed by atoms with Gasteiger partial charge in [0.1, 0.15) is 0 Å². The summed E-state index contributed by atoms with van der Waals surface area (Å²) >= 11 is 12.1. The van der Waals surface area contributed by atoms with E-state index >= 15 is 0 Å². The van der Waals surface area contributed by atoms with Gasteiger partial charge in [0, 0.05) is 24.2 Å². The third-order valence-corrected chi connectivity index (χ3v) is 3.47. The Morgan fingerprint density at radius 3 is 2.33 bits per heavy atom. The largest absolute Gasteiger partial charge is 0.491 e. The first-order valence-electron chi connectivity index (χ1n) is 6.16. The summed E-state index contributed by atoms with van der Waals surface area (Å²) in [5.74, 6) is 1.11. The van der Waals surface area contributed by atoms with Gasteiger partial charge in [0.2, 0.25) is 0 Å². The van der Waals surface area contributed by atoms with Gasteiger partial charge in [-0.2, -0.15) is 0 Å². The summed E-state index contributed by atoms with van der Waals surface area (Å²) < 4.78 is 5.26. The molecular weight excluding hydrogens is 273 g/mol. The van der Waals surface area contributed by atoms with E-state index in [0.29, 0.717) is 21.5 Å². The summed E-state index contributed by atoms with van der Waals surface area (Å²) in [6.45, 7) is 1.85. The second kappa shape index (κ2) is 6.50.